The first kappa shape index (κ1) is 10.7. The van der Waals surface area contributed by atoms with Crippen molar-refractivity contribution in [2.24, 2.45) is 0 Å². The molecule has 1 aliphatic heterocycles. The highest BCUT2D eigenvalue weighted by Crippen LogP contribution is 2.06. The maximum atomic E-state index is 9.75. The highest BCUT2D eigenvalue weighted by molar-refractivity contribution is 6.50. The summed E-state index contributed by atoms with van der Waals surface area (Å²) < 4.78 is 39.0. The summed E-state index contributed by atoms with van der Waals surface area (Å²) in [7, 11) is -6.00. The maximum absolute atomic E-state index is 9.75. The molecule has 0 aliphatic carbocycles. The van der Waals surface area contributed by atoms with Crippen molar-refractivity contribution < 1.29 is 22.6 Å². The van der Waals surface area contributed by atoms with E-state index >= 15 is 0 Å². The van der Waals surface area contributed by atoms with E-state index in [0.29, 0.717) is 0 Å². The van der Waals surface area contributed by atoms with Gasteiger partial charge in [-0.25, -0.2) is 0 Å². The zero-order valence-corrected chi connectivity index (χ0v) is 6.20. The molecule has 0 bridgehead atoms. The Bertz CT molecular complexity index is 73.5. The van der Waals surface area contributed by atoms with E-state index in [9.17, 15) is 17.3 Å². The van der Waals surface area contributed by atoms with Gasteiger partial charge in [-0.05, 0) is 19.3 Å². The zero-order chi connectivity index (χ0) is 8.74. The lowest BCUT2D eigenvalue weighted by atomic mass is 10.2. The summed E-state index contributed by atoms with van der Waals surface area (Å²) in [5.41, 5.74) is 0. The smallest absolute Gasteiger partial charge is 0.418 e. The van der Waals surface area contributed by atoms with E-state index in [4.69, 9.17) is 0 Å². The third-order valence-corrected chi connectivity index (χ3v) is 1.32. The third kappa shape index (κ3) is 17.7. The summed E-state index contributed by atoms with van der Waals surface area (Å²) >= 11 is 0. The molecule has 0 saturated carbocycles. The number of nitrogens with two attached hydrogens (primary N) is 1. The molecule has 0 aromatic carbocycles. The molecular weight excluding hydrogens is 161 g/mol. The van der Waals surface area contributed by atoms with Crippen LogP contribution in [0.2, 0.25) is 0 Å². The third-order valence-electron chi connectivity index (χ3n) is 1.32. The van der Waals surface area contributed by atoms with E-state index in [1.54, 1.807) is 0 Å². The quantitative estimate of drug-likeness (QED) is 0.416. The minimum Gasteiger partial charge on any atom is -0.418 e. The molecule has 1 rings (SSSR count). The van der Waals surface area contributed by atoms with E-state index in [1.165, 1.54) is 32.4 Å². The van der Waals surface area contributed by atoms with E-state index < -0.39 is 7.25 Å². The van der Waals surface area contributed by atoms with Crippen LogP contribution in [-0.2, 0) is 0 Å². The van der Waals surface area contributed by atoms with Gasteiger partial charge in [-0.3, -0.25) is 0 Å². The van der Waals surface area contributed by atoms with Gasteiger partial charge in [-0.15, -0.1) is 0 Å². The highest BCUT2D eigenvalue weighted by Gasteiger charge is 2.20. The fourth-order valence-electron chi connectivity index (χ4n) is 0.898. The Morgan fingerprint density at radius 2 is 1.18 bits per heavy atom. The molecule has 1 fully saturated rings. The summed E-state index contributed by atoms with van der Waals surface area (Å²) in [6.07, 6.45) is 4.36. The van der Waals surface area contributed by atoms with Crippen molar-refractivity contribution in [2.45, 2.75) is 19.3 Å². The molecule has 11 heavy (non-hydrogen) atoms. The van der Waals surface area contributed by atoms with E-state index in [-0.39, 0.29) is 0 Å². The van der Waals surface area contributed by atoms with Crippen LogP contribution < -0.4 is 5.32 Å². The zero-order valence-electron chi connectivity index (χ0n) is 6.20. The highest BCUT2D eigenvalue weighted by atomic mass is 19.5. The predicted molar refractivity (Wildman–Crippen MR) is 35.7 cm³/mol. The van der Waals surface area contributed by atoms with Crippen LogP contribution in [0, 0.1) is 0 Å². The standard InChI is InChI=1S/C5H11N.BF4/c1-2-4-6-5-3-1;2-1(3,4)5/h6H,1-5H2;/q;-1/p+1. The minimum absolute atomic E-state index is 1.38. The second-order valence-electron chi connectivity index (χ2n) is 2.42. The second-order valence-corrected chi connectivity index (χ2v) is 2.42. The summed E-state index contributed by atoms with van der Waals surface area (Å²) in [6.45, 7) is 2.75. The molecule has 0 aromatic rings. The van der Waals surface area contributed by atoms with Crippen molar-refractivity contribution in [3.63, 3.8) is 0 Å². The lowest BCUT2D eigenvalue weighted by Crippen LogP contribution is -2.85. The van der Waals surface area contributed by atoms with Crippen LogP contribution in [0.4, 0.5) is 17.3 Å². The fourth-order valence-corrected chi connectivity index (χ4v) is 0.898. The molecule has 6 heteroatoms. The van der Waals surface area contributed by atoms with Crippen LogP contribution in [0.3, 0.4) is 0 Å². The SMILES string of the molecule is C1CC[NH2+]CC1.F[B-](F)(F)F. The van der Waals surface area contributed by atoms with Crippen LogP contribution >= 0.6 is 0 Å². The molecule has 1 heterocycles. The number of halogens is 4. The van der Waals surface area contributed by atoms with Gasteiger partial charge in [0.15, 0.2) is 0 Å². The normalized spacial score (nSPS) is 18.5. The largest absolute Gasteiger partial charge is 0.673 e. The van der Waals surface area contributed by atoms with Crippen molar-refractivity contribution in [2.75, 3.05) is 13.1 Å². The minimum atomic E-state index is -6.00. The lowest BCUT2D eigenvalue weighted by molar-refractivity contribution is -0.662. The summed E-state index contributed by atoms with van der Waals surface area (Å²) in [4.78, 5) is 0. The maximum Gasteiger partial charge on any atom is 0.673 e. The Labute approximate surface area is 63.3 Å². The van der Waals surface area contributed by atoms with Crippen LogP contribution in [0.15, 0.2) is 0 Å². The van der Waals surface area contributed by atoms with Crippen molar-refractivity contribution in [3.05, 3.63) is 0 Å². The number of quaternary nitrogens is 1. The van der Waals surface area contributed by atoms with Gasteiger partial charge < -0.3 is 22.6 Å². The molecule has 2 N–H and O–H groups in total. The topological polar surface area (TPSA) is 16.6 Å². The first-order valence-electron chi connectivity index (χ1n) is 3.69. The first-order valence-corrected chi connectivity index (χ1v) is 3.69. The Morgan fingerprint density at radius 1 is 0.818 bits per heavy atom. The van der Waals surface area contributed by atoms with Crippen molar-refractivity contribution in [1.82, 2.24) is 0 Å². The second kappa shape index (κ2) is 5.40. The molecular formula is C5H12BF4N. The summed E-state index contributed by atoms with van der Waals surface area (Å²) in [6, 6.07) is 0. The van der Waals surface area contributed by atoms with Crippen LogP contribution in [-0.4, -0.2) is 20.3 Å². The van der Waals surface area contributed by atoms with E-state index in [1.807, 2.05) is 0 Å². The Morgan fingerprint density at radius 3 is 1.27 bits per heavy atom. The molecule has 0 radical (unpaired) electrons. The average Bonchev–Trinajstić information content (AvgIpc) is 1.88. The van der Waals surface area contributed by atoms with Gasteiger partial charge >= 0.3 is 7.25 Å². The molecule has 0 unspecified atom stereocenters. The Kier molecular flexibility index (Phi) is 5.28. The number of hydrogen-bond acceptors (Lipinski definition) is 0. The molecule has 1 saturated heterocycles. The molecule has 1 nitrogen and oxygen atoms in total. The van der Waals surface area contributed by atoms with Gasteiger partial charge in [-0.1, -0.05) is 0 Å². The fraction of sp³-hybridized carbons (Fsp3) is 1.00. The predicted octanol–water partition coefficient (Wildman–Crippen LogP) is 1.03. The van der Waals surface area contributed by atoms with Gasteiger partial charge in [0.1, 0.15) is 0 Å². The Balaban J connectivity index is 0.000000187. The molecule has 0 spiro atoms. The molecule has 0 aromatic heterocycles. The number of piperidine rings is 1. The molecule has 68 valence electrons. The Hall–Kier alpha value is -0.255. The van der Waals surface area contributed by atoms with Crippen molar-refractivity contribution in [1.29, 1.82) is 0 Å². The summed E-state index contributed by atoms with van der Waals surface area (Å²) in [5, 5.41) is 2.39. The average molecular weight is 173 g/mol. The van der Waals surface area contributed by atoms with E-state index in [0.717, 1.165) is 0 Å². The van der Waals surface area contributed by atoms with Gasteiger partial charge in [-0.2, -0.15) is 0 Å². The van der Waals surface area contributed by atoms with Gasteiger partial charge in [0.2, 0.25) is 0 Å². The van der Waals surface area contributed by atoms with Gasteiger partial charge in [0, 0.05) is 0 Å². The molecule has 1 aliphatic rings. The molecule has 0 amide bonds. The first-order chi connectivity index (χ1) is 5.00. The number of hydrogen-bond donors (Lipinski definition) is 1. The monoisotopic (exact) mass is 173 g/mol. The van der Waals surface area contributed by atoms with Crippen molar-refractivity contribution in [3.8, 4) is 0 Å². The molecule has 0 atom stereocenters. The van der Waals surface area contributed by atoms with Crippen LogP contribution in [0.1, 0.15) is 19.3 Å². The van der Waals surface area contributed by atoms with E-state index in [2.05, 4.69) is 5.32 Å². The lowest BCUT2D eigenvalue weighted by Gasteiger charge is -2.05. The van der Waals surface area contributed by atoms with Crippen LogP contribution in [0.5, 0.6) is 0 Å². The summed E-state index contributed by atoms with van der Waals surface area (Å²) in [5.74, 6) is 0. The van der Waals surface area contributed by atoms with Gasteiger partial charge in [0.05, 0.1) is 13.1 Å². The van der Waals surface area contributed by atoms with Crippen LogP contribution in [0.25, 0.3) is 0 Å². The van der Waals surface area contributed by atoms with Crippen molar-refractivity contribution >= 4 is 7.25 Å². The van der Waals surface area contributed by atoms with Gasteiger partial charge in [0.25, 0.3) is 0 Å². The number of rotatable bonds is 0.